The average Bonchev–Trinajstić information content (AvgIpc) is 2.39. The Morgan fingerprint density at radius 1 is 0.941 bits per heavy atom. The third kappa shape index (κ3) is 3.05. The summed E-state index contributed by atoms with van der Waals surface area (Å²) in [5.74, 6) is 2.35. The normalized spacial score (nSPS) is 43.6. The number of rotatable bonds is 3. The lowest BCUT2D eigenvalue weighted by atomic mass is 9.65. The van der Waals surface area contributed by atoms with Crippen LogP contribution in [0.2, 0.25) is 0 Å². The number of hydrogen-bond donors (Lipinski definition) is 1. The van der Waals surface area contributed by atoms with Gasteiger partial charge in [-0.1, -0.05) is 52.4 Å². The molecular weight excluding hydrogens is 208 g/mol. The van der Waals surface area contributed by atoms with Gasteiger partial charge in [-0.3, -0.25) is 0 Å². The van der Waals surface area contributed by atoms with E-state index in [0.717, 1.165) is 24.7 Å². The number of aliphatic hydroxyl groups is 1. The Morgan fingerprint density at radius 2 is 1.59 bits per heavy atom. The second-order valence-corrected chi connectivity index (χ2v) is 6.60. The van der Waals surface area contributed by atoms with Gasteiger partial charge < -0.3 is 5.11 Å². The van der Waals surface area contributed by atoms with Crippen LogP contribution in [-0.2, 0) is 0 Å². The minimum absolute atomic E-state index is 0.294. The van der Waals surface area contributed by atoms with Gasteiger partial charge in [0.15, 0.2) is 0 Å². The Hall–Kier alpha value is -0.0400. The molecule has 2 atom stereocenters. The molecule has 0 aromatic rings. The van der Waals surface area contributed by atoms with E-state index >= 15 is 0 Å². The van der Waals surface area contributed by atoms with Crippen molar-refractivity contribution in [2.75, 3.05) is 0 Å². The van der Waals surface area contributed by atoms with E-state index in [2.05, 4.69) is 13.8 Å². The molecule has 17 heavy (non-hydrogen) atoms. The minimum atomic E-state index is -0.294. The first kappa shape index (κ1) is 13.4. The van der Waals surface area contributed by atoms with Crippen LogP contribution in [-0.4, -0.2) is 10.7 Å². The van der Waals surface area contributed by atoms with Crippen molar-refractivity contribution in [1.29, 1.82) is 0 Å². The van der Waals surface area contributed by atoms with Crippen molar-refractivity contribution >= 4 is 0 Å². The van der Waals surface area contributed by atoms with Gasteiger partial charge in [-0.15, -0.1) is 0 Å². The first-order valence-electron chi connectivity index (χ1n) is 7.90. The molecule has 2 saturated carbocycles. The van der Waals surface area contributed by atoms with Crippen LogP contribution in [0.1, 0.15) is 78.1 Å². The molecule has 0 aromatic carbocycles. The van der Waals surface area contributed by atoms with Crippen molar-refractivity contribution in [3.8, 4) is 0 Å². The topological polar surface area (TPSA) is 20.2 Å². The fraction of sp³-hybridized carbons (Fsp3) is 1.00. The highest BCUT2D eigenvalue weighted by Gasteiger charge is 2.41. The smallest absolute Gasteiger partial charge is 0.0678 e. The molecule has 100 valence electrons. The summed E-state index contributed by atoms with van der Waals surface area (Å²) in [7, 11) is 0. The highest BCUT2D eigenvalue weighted by atomic mass is 16.3. The Balaban J connectivity index is 1.92. The Kier molecular flexibility index (Phi) is 4.52. The van der Waals surface area contributed by atoms with E-state index < -0.39 is 0 Å². The van der Waals surface area contributed by atoms with Crippen LogP contribution in [0.5, 0.6) is 0 Å². The molecule has 0 amide bonds. The third-order valence-electron chi connectivity index (χ3n) is 5.63. The van der Waals surface area contributed by atoms with Crippen LogP contribution in [0.3, 0.4) is 0 Å². The fourth-order valence-corrected chi connectivity index (χ4v) is 4.23. The van der Waals surface area contributed by atoms with Gasteiger partial charge in [-0.05, 0) is 43.4 Å². The van der Waals surface area contributed by atoms with Crippen LogP contribution in [0.4, 0.5) is 0 Å². The fourth-order valence-electron chi connectivity index (χ4n) is 4.23. The quantitative estimate of drug-likeness (QED) is 0.765. The number of hydrogen-bond acceptors (Lipinski definition) is 1. The van der Waals surface area contributed by atoms with Gasteiger partial charge in [0, 0.05) is 0 Å². The van der Waals surface area contributed by atoms with Crippen molar-refractivity contribution in [3.63, 3.8) is 0 Å². The standard InChI is InChI=1S/C16H30O/c1-3-13-7-9-15(10-8-13)16(17)11-5-6-14(4-2)12-16/h13-15,17H,3-12H2,1-2H3. The molecule has 0 aromatic heterocycles. The maximum Gasteiger partial charge on any atom is 0.0678 e. The lowest BCUT2D eigenvalue weighted by Crippen LogP contribution is -2.44. The predicted octanol–water partition coefficient (Wildman–Crippen LogP) is 4.53. The zero-order chi connectivity index (χ0) is 12.3. The van der Waals surface area contributed by atoms with Crippen molar-refractivity contribution in [1.82, 2.24) is 0 Å². The minimum Gasteiger partial charge on any atom is -0.390 e. The van der Waals surface area contributed by atoms with E-state index in [-0.39, 0.29) is 5.60 Å². The molecule has 1 N–H and O–H groups in total. The Morgan fingerprint density at radius 3 is 2.18 bits per heavy atom. The van der Waals surface area contributed by atoms with Gasteiger partial charge in [0.1, 0.15) is 0 Å². The molecule has 1 nitrogen and oxygen atoms in total. The third-order valence-corrected chi connectivity index (χ3v) is 5.63. The van der Waals surface area contributed by atoms with Crippen LogP contribution in [0.25, 0.3) is 0 Å². The summed E-state index contributed by atoms with van der Waals surface area (Å²) in [5, 5.41) is 11.0. The van der Waals surface area contributed by atoms with E-state index in [4.69, 9.17) is 0 Å². The SMILES string of the molecule is CCC1CCC(C2(O)CCCC(CC)C2)CC1. The zero-order valence-corrected chi connectivity index (χ0v) is 11.8. The predicted molar refractivity (Wildman–Crippen MR) is 72.9 cm³/mol. The van der Waals surface area contributed by atoms with Crippen molar-refractivity contribution < 1.29 is 5.11 Å². The van der Waals surface area contributed by atoms with Crippen molar-refractivity contribution in [2.45, 2.75) is 83.7 Å². The summed E-state index contributed by atoms with van der Waals surface area (Å²) in [6.07, 6.45) is 12.6. The monoisotopic (exact) mass is 238 g/mol. The molecule has 0 aliphatic heterocycles. The highest BCUT2D eigenvalue weighted by Crippen LogP contribution is 2.45. The molecule has 2 unspecified atom stereocenters. The van der Waals surface area contributed by atoms with Crippen LogP contribution in [0.15, 0.2) is 0 Å². The maximum absolute atomic E-state index is 11.0. The molecule has 0 radical (unpaired) electrons. The lowest BCUT2D eigenvalue weighted by Gasteiger charge is -2.45. The van der Waals surface area contributed by atoms with E-state index in [1.54, 1.807) is 0 Å². The summed E-state index contributed by atoms with van der Waals surface area (Å²) >= 11 is 0. The summed E-state index contributed by atoms with van der Waals surface area (Å²) in [5.41, 5.74) is -0.294. The molecule has 0 bridgehead atoms. The second-order valence-electron chi connectivity index (χ2n) is 6.60. The van der Waals surface area contributed by atoms with Crippen molar-refractivity contribution in [3.05, 3.63) is 0 Å². The van der Waals surface area contributed by atoms with Crippen LogP contribution >= 0.6 is 0 Å². The summed E-state index contributed by atoms with van der Waals surface area (Å²) in [4.78, 5) is 0. The molecule has 0 saturated heterocycles. The van der Waals surface area contributed by atoms with E-state index in [1.807, 2.05) is 0 Å². The van der Waals surface area contributed by atoms with E-state index in [0.29, 0.717) is 5.92 Å². The van der Waals surface area contributed by atoms with Gasteiger partial charge >= 0.3 is 0 Å². The van der Waals surface area contributed by atoms with E-state index in [9.17, 15) is 5.11 Å². The van der Waals surface area contributed by atoms with Crippen LogP contribution < -0.4 is 0 Å². The summed E-state index contributed by atoms with van der Waals surface area (Å²) < 4.78 is 0. The van der Waals surface area contributed by atoms with Gasteiger partial charge in [0.05, 0.1) is 5.60 Å². The van der Waals surface area contributed by atoms with Gasteiger partial charge in [0.25, 0.3) is 0 Å². The van der Waals surface area contributed by atoms with Gasteiger partial charge in [0.2, 0.25) is 0 Å². The Bertz CT molecular complexity index is 230. The molecule has 0 heterocycles. The zero-order valence-electron chi connectivity index (χ0n) is 11.8. The highest BCUT2D eigenvalue weighted by molar-refractivity contribution is 4.93. The molecule has 2 aliphatic rings. The molecule has 2 rings (SSSR count). The van der Waals surface area contributed by atoms with Gasteiger partial charge in [-0.25, -0.2) is 0 Å². The first-order chi connectivity index (χ1) is 8.18. The summed E-state index contributed by atoms with van der Waals surface area (Å²) in [6.45, 7) is 4.60. The van der Waals surface area contributed by atoms with E-state index in [1.165, 1.54) is 51.4 Å². The first-order valence-corrected chi connectivity index (χ1v) is 7.90. The molecular formula is C16H30O. The molecule has 1 heteroatoms. The second kappa shape index (κ2) is 5.73. The molecule has 0 spiro atoms. The largest absolute Gasteiger partial charge is 0.390 e. The molecule has 2 aliphatic carbocycles. The van der Waals surface area contributed by atoms with Crippen molar-refractivity contribution in [2.24, 2.45) is 17.8 Å². The van der Waals surface area contributed by atoms with Gasteiger partial charge in [-0.2, -0.15) is 0 Å². The summed E-state index contributed by atoms with van der Waals surface area (Å²) in [6, 6.07) is 0. The Labute approximate surface area is 107 Å². The average molecular weight is 238 g/mol. The maximum atomic E-state index is 11.0. The van der Waals surface area contributed by atoms with Crippen LogP contribution in [0, 0.1) is 17.8 Å². The lowest BCUT2D eigenvalue weighted by molar-refractivity contribution is -0.0801. The molecule has 2 fully saturated rings.